The van der Waals surface area contributed by atoms with Crippen LogP contribution in [0.2, 0.25) is 0 Å². The molecule has 8 aromatic carbocycles. The normalized spacial score (nSPS) is 13.6. The minimum Gasteiger partial charge on any atom is -0.313 e. The van der Waals surface area contributed by atoms with E-state index in [1.54, 1.807) is 0 Å². The van der Waals surface area contributed by atoms with Crippen molar-refractivity contribution in [1.82, 2.24) is 4.57 Å². The van der Waals surface area contributed by atoms with Crippen LogP contribution < -0.4 is 0 Å². The highest BCUT2D eigenvalue weighted by atomic mass is 15.0. The Kier molecular flexibility index (Phi) is 5.77. The number of aromatic nitrogens is 1. The smallest absolute Gasteiger partial charge is 0.0544 e. The van der Waals surface area contributed by atoms with Crippen molar-refractivity contribution in [2.24, 2.45) is 0 Å². The number of allylic oxidation sites excluding steroid dienone is 4. The van der Waals surface area contributed by atoms with Crippen LogP contribution in [0.15, 0.2) is 164 Å². The third-order valence-electron chi connectivity index (χ3n) is 10.3. The van der Waals surface area contributed by atoms with Gasteiger partial charge in [-0.2, -0.15) is 0 Å². The fraction of sp³-hybridized carbons (Fsp3) is 0.0435. The predicted molar refractivity (Wildman–Crippen MR) is 203 cm³/mol. The van der Waals surface area contributed by atoms with Gasteiger partial charge in [0.25, 0.3) is 0 Å². The van der Waals surface area contributed by atoms with E-state index in [2.05, 4.69) is 168 Å². The SMILES string of the molecule is C1=C(c2c3ccccc3c(-c3ccccc3)c3ccccc23)CCC(n2c3ccc4ccccc4c3c3c4ccccc4ccc32)=C1. The highest BCUT2D eigenvalue weighted by Gasteiger charge is 2.22. The van der Waals surface area contributed by atoms with Gasteiger partial charge >= 0.3 is 0 Å². The first-order chi connectivity index (χ1) is 23.3. The molecule has 1 nitrogen and oxygen atoms in total. The van der Waals surface area contributed by atoms with E-state index in [0.717, 1.165) is 12.8 Å². The first-order valence-electron chi connectivity index (χ1n) is 16.6. The molecule has 47 heavy (non-hydrogen) atoms. The van der Waals surface area contributed by atoms with Gasteiger partial charge < -0.3 is 4.57 Å². The molecule has 0 saturated carbocycles. The van der Waals surface area contributed by atoms with Gasteiger partial charge in [0.15, 0.2) is 0 Å². The lowest BCUT2D eigenvalue weighted by Gasteiger charge is -2.22. The van der Waals surface area contributed by atoms with Crippen LogP contribution in [0, 0.1) is 0 Å². The standard InChI is InChI=1S/C46H31N/c1-2-14-32(15-3-1)43-37-18-8-10-20-39(37)44(40-21-11-9-19-38(40)43)33-22-26-34(27-23-33)47-41-28-24-30-12-4-6-16-35(30)45(41)46-36-17-7-5-13-31(36)25-29-42(46)47/h1-22,24-26,28-29H,23,27H2. The van der Waals surface area contributed by atoms with Crippen molar-refractivity contribution >= 4 is 76.2 Å². The van der Waals surface area contributed by atoms with Gasteiger partial charge in [-0.3, -0.25) is 0 Å². The number of rotatable bonds is 3. The Labute approximate surface area is 273 Å². The van der Waals surface area contributed by atoms with E-state index in [9.17, 15) is 0 Å². The van der Waals surface area contributed by atoms with E-state index in [0.29, 0.717) is 0 Å². The lowest BCUT2D eigenvalue weighted by Crippen LogP contribution is -2.02. The van der Waals surface area contributed by atoms with E-state index < -0.39 is 0 Å². The first-order valence-corrected chi connectivity index (χ1v) is 16.6. The Hall–Kier alpha value is -5.92. The zero-order valence-corrected chi connectivity index (χ0v) is 25.9. The Morgan fingerprint density at radius 1 is 0.362 bits per heavy atom. The minimum absolute atomic E-state index is 0.966. The van der Waals surface area contributed by atoms with Crippen LogP contribution in [0.1, 0.15) is 18.4 Å². The molecule has 9 aromatic rings. The largest absolute Gasteiger partial charge is 0.313 e. The number of hydrogen-bond donors (Lipinski definition) is 0. The molecule has 0 aliphatic heterocycles. The maximum atomic E-state index is 2.53. The van der Waals surface area contributed by atoms with Crippen LogP contribution in [-0.2, 0) is 0 Å². The van der Waals surface area contributed by atoms with Crippen molar-refractivity contribution in [3.63, 3.8) is 0 Å². The van der Waals surface area contributed by atoms with Crippen LogP contribution in [-0.4, -0.2) is 4.57 Å². The second kappa shape index (κ2) is 10.3. The van der Waals surface area contributed by atoms with Gasteiger partial charge in [0, 0.05) is 16.5 Å². The highest BCUT2D eigenvalue weighted by Crippen LogP contribution is 2.46. The van der Waals surface area contributed by atoms with Gasteiger partial charge in [-0.15, -0.1) is 0 Å². The van der Waals surface area contributed by atoms with Crippen LogP contribution in [0.5, 0.6) is 0 Å². The average molecular weight is 598 g/mol. The van der Waals surface area contributed by atoms with Gasteiger partial charge in [0.05, 0.1) is 11.0 Å². The molecule has 0 saturated heterocycles. The molecule has 0 spiro atoms. The van der Waals surface area contributed by atoms with Crippen molar-refractivity contribution in [2.45, 2.75) is 12.8 Å². The lowest BCUT2D eigenvalue weighted by molar-refractivity contribution is 0.994. The third kappa shape index (κ3) is 3.90. The summed E-state index contributed by atoms with van der Waals surface area (Å²) in [5.74, 6) is 0. The maximum Gasteiger partial charge on any atom is 0.0544 e. The molecule has 0 amide bonds. The fourth-order valence-electron chi connectivity index (χ4n) is 8.27. The first kappa shape index (κ1) is 26.3. The summed E-state index contributed by atoms with van der Waals surface area (Å²) in [5, 5.41) is 13.1. The quantitative estimate of drug-likeness (QED) is 0.179. The minimum atomic E-state index is 0.966. The van der Waals surface area contributed by atoms with Crippen molar-refractivity contribution < 1.29 is 0 Å². The van der Waals surface area contributed by atoms with Crippen molar-refractivity contribution in [1.29, 1.82) is 0 Å². The molecular formula is C46H31N. The lowest BCUT2D eigenvalue weighted by atomic mass is 9.83. The molecule has 0 radical (unpaired) electrons. The molecule has 220 valence electrons. The van der Waals surface area contributed by atoms with Crippen LogP contribution in [0.25, 0.3) is 87.3 Å². The van der Waals surface area contributed by atoms with E-state index in [4.69, 9.17) is 0 Å². The highest BCUT2D eigenvalue weighted by molar-refractivity contribution is 6.29. The van der Waals surface area contributed by atoms with E-state index in [1.807, 2.05) is 0 Å². The second-order valence-electron chi connectivity index (χ2n) is 12.8. The second-order valence-corrected chi connectivity index (χ2v) is 12.8. The molecule has 1 aliphatic carbocycles. The molecule has 1 aliphatic rings. The summed E-state index contributed by atoms with van der Waals surface area (Å²) < 4.78 is 2.53. The molecule has 0 atom stereocenters. The Morgan fingerprint density at radius 2 is 0.830 bits per heavy atom. The Bertz CT molecular complexity index is 2620. The predicted octanol–water partition coefficient (Wildman–Crippen LogP) is 12.8. The van der Waals surface area contributed by atoms with Crippen LogP contribution >= 0.6 is 0 Å². The number of fused-ring (bicyclic) bond motifs is 9. The van der Waals surface area contributed by atoms with Gasteiger partial charge in [0.1, 0.15) is 0 Å². The molecule has 0 unspecified atom stereocenters. The average Bonchev–Trinajstić information content (AvgIpc) is 3.50. The summed E-state index contributed by atoms with van der Waals surface area (Å²) in [5.41, 5.74) is 9.25. The Balaban J connectivity index is 1.23. The molecule has 0 fully saturated rings. The maximum absolute atomic E-state index is 2.53. The topological polar surface area (TPSA) is 4.93 Å². The molecule has 0 bridgehead atoms. The van der Waals surface area contributed by atoms with E-state index in [-0.39, 0.29) is 0 Å². The summed E-state index contributed by atoms with van der Waals surface area (Å²) in [6.45, 7) is 0. The summed E-state index contributed by atoms with van der Waals surface area (Å²) in [7, 11) is 0. The summed E-state index contributed by atoms with van der Waals surface area (Å²) in [6.07, 6.45) is 6.73. The molecule has 1 heteroatoms. The third-order valence-corrected chi connectivity index (χ3v) is 10.3. The van der Waals surface area contributed by atoms with Gasteiger partial charge in [-0.1, -0.05) is 146 Å². The van der Waals surface area contributed by atoms with Gasteiger partial charge in [-0.25, -0.2) is 0 Å². The van der Waals surface area contributed by atoms with E-state index in [1.165, 1.54) is 92.9 Å². The summed E-state index contributed by atoms with van der Waals surface area (Å²) in [4.78, 5) is 0. The van der Waals surface area contributed by atoms with Crippen LogP contribution in [0.4, 0.5) is 0 Å². The summed E-state index contributed by atoms with van der Waals surface area (Å²) >= 11 is 0. The molecule has 1 aromatic heterocycles. The fourth-order valence-corrected chi connectivity index (χ4v) is 8.27. The monoisotopic (exact) mass is 597 g/mol. The van der Waals surface area contributed by atoms with E-state index >= 15 is 0 Å². The number of nitrogens with zero attached hydrogens (tertiary/aromatic N) is 1. The summed E-state index contributed by atoms with van der Waals surface area (Å²) in [6, 6.07) is 55.7. The van der Waals surface area contributed by atoms with Crippen molar-refractivity contribution in [3.05, 3.63) is 169 Å². The molecular weight excluding hydrogens is 567 g/mol. The van der Waals surface area contributed by atoms with Crippen LogP contribution in [0.3, 0.4) is 0 Å². The molecule has 10 rings (SSSR count). The number of hydrogen-bond acceptors (Lipinski definition) is 0. The number of benzene rings is 8. The van der Waals surface area contributed by atoms with Gasteiger partial charge in [-0.05, 0) is 96.4 Å². The molecule has 1 heterocycles. The zero-order chi connectivity index (χ0) is 30.9. The zero-order valence-electron chi connectivity index (χ0n) is 25.9. The van der Waals surface area contributed by atoms with Crippen molar-refractivity contribution in [2.75, 3.05) is 0 Å². The van der Waals surface area contributed by atoms with Crippen molar-refractivity contribution in [3.8, 4) is 11.1 Å². The Morgan fingerprint density at radius 3 is 1.34 bits per heavy atom. The molecule has 0 N–H and O–H groups in total. The van der Waals surface area contributed by atoms with Gasteiger partial charge in [0.2, 0.25) is 0 Å².